The third kappa shape index (κ3) is 3.68. The number of carbonyl (C=O) groups excluding carboxylic acids is 1. The van der Waals surface area contributed by atoms with Crippen LogP contribution in [-0.2, 0) is 6.54 Å². The normalized spacial score (nSPS) is 10.6. The number of thiophene rings is 1. The molecule has 0 spiro atoms. The number of rotatable bonds is 7. The zero-order valence-electron chi connectivity index (χ0n) is 16.4. The van der Waals surface area contributed by atoms with Crippen molar-refractivity contribution in [2.24, 2.45) is 0 Å². The van der Waals surface area contributed by atoms with E-state index in [2.05, 4.69) is 5.16 Å². The molecule has 0 atom stereocenters. The van der Waals surface area contributed by atoms with Gasteiger partial charge in [0.1, 0.15) is 5.56 Å². The molecule has 28 heavy (non-hydrogen) atoms. The first kappa shape index (κ1) is 19.8. The van der Waals surface area contributed by atoms with Crippen molar-refractivity contribution in [3.05, 3.63) is 46.5 Å². The van der Waals surface area contributed by atoms with Crippen molar-refractivity contribution in [2.45, 2.75) is 13.5 Å². The van der Waals surface area contributed by atoms with E-state index in [4.69, 9.17) is 18.7 Å². The van der Waals surface area contributed by atoms with Crippen LogP contribution in [-0.4, -0.2) is 44.3 Å². The Balaban J connectivity index is 1.89. The predicted molar refractivity (Wildman–Crippen MR) is 106 cm³/mol. The van der Waals surface area contributed by atoms with Gasteiger partial charge in [0.25, 0.3) is 5.91 Å². The van der Waals surface area contributed by atoms with E-state index >= 15 is 0 Å². The predicted octanol–water partition coefficient (Wildman–Crippen LogP) is 4.01. The Kier molecular flexibility index (Phi) is 5.89. The Bertz CT molecular complexity index is 940. The molecule has 0 unspecified atom stereocenters. The van der Waals surface area contributed by atoms with E-state index < -0.39 is 0 Å². The lowest BCUT2D eigenvalue weighted by atomic mass is 10.1. The molecule has 0 bridgehead atoms. The Morgan fingerprint density at radius 1 is 1.18 bits per heavy atom. The first-order chi connectivity index (χ1) is 13.5. The number of amides is 1. The highest BCUT2D eigenvalue weighted by molar-refractivity contribution is 7.13. The number of methoxy groups -OCH3 is 3. The Hall–Kier alpha value is -3.00. The molecule has 3 aromatic rings. The molecule has 0 aliphatic rings. The molecule has 1 amide bonds. The van der Waals surface area contributed by atoms with Gasteiger partial charge in [0.15, 0.2) is 17.3 Å². The van der Waals surface area contributed by atoms with Crippen molar-refractivity contribution in [1.29, 1.82) is 0 Å². The lowest BCUT2D eigenvalue weighted by Gasteiger charge is -2.19. The van der Waals surface area contributed by atoms with Crippen molar-refractivity contribution in [3.8, 4) is 27.9 Å². The molecule has 8 heteroatoms. The SMILES string of the molecule is COc1cc(CN(C)C(=O)c2c(C)noc2-c2cccs2)cc(OC)c1OC. The molecule has 0 N–H and O–H groups in total. The summed E-state index contributed by atoms with van der Waals surface area (Å²) in [6, 6.07) is 7.46. The van der Waals surface area contributed by atoms with E-state index in [1.807, 2.05) is 29.6 Å². The lowest BCUT2D eigenvalue weighted by molar-refractivity contribution is 0.0784. The Morgan fingerprint density at radius 3 is 2.39 bits per heavy atom. The minimum absolute atomic E-state index is 0.170. The van der Waals surface area contributed by atoms with Crippen LogP contribution in [0.1, 0.15) is 21.6 Å². The molecular weight excluding hydrogens is 380 g/mol. The van der Waals surface area contributed by atoms with Crippen LogP contribution in [0.4, 0.5) is 0 Å². The number of carbonyl (C=O) groups is 1. The van der Waals surface area contributed by atoms with Crippen LogP contribution in [0.3, 0.4) is 0 Å². The second-order valence-electron chi connectivity index (χ2n) is 6.14. The van der Waals surface area contributed by atoms with Gasteiger partial charge >= 0.3 is 0 Å². The molecule has 0 aliphatic heterocycles. The highest BCUT2D eigenvalue weighted by atomic mass is 32.1. The number of aromatic nitrogens is 1. The average Bonchev–Trinajstić information content (AvgIpc) is 3.35. The topological polar surface area (TPSA) is 74.0 Å². The van der Waals surface area contributed by atoms with Gasteiger partial charge in [-0.05, 0) is 36.1 Å². The van der Waals surface area contributed by atoms with Crippen molar-refractivity contribution in [3.63, 3.8) is 0 Å². The smallest absolute Gasteiger partial charge is 0.259 e. The third-order valence-electron chi connectivity index (χ3n) is 4.31. The molecule has 0 fully saturated rings. The molecule has 0 radical (unpaired) electrons. The van der Waals surface area contributed by atoms with Gasteiger partial charge < -0.3 is 23.6 Å². The summed E-state index contributed by atoms with van der Waals surface area (Å²) < 4.78 is 21.5. The second-order valence-corrected chi connectivity index (χ2v) is 7.09. The molecule has 0 saturated heterocycles. The Labute approximate surface area is 167 Å². The quantitative estimate of drug-likeness (QED) is 0.594. The summed E-state index contributed by atoms with van der Waals surface area (Å²) in [5.74, 6) is 1.92. The number of aryl methyl sites for hydroxylation is 1. The van der Waals surface area contributed by atoms with E-state index in [9.17, 15) is 4.79 Å². The van der Waals surface area contributed by atoms with Crippen LogP contribution >= 0.6 is 11.3 Å². The largest absolute Gasteiger partial charge is 0.493 e. The minimum atomic E-state index is -0.170. The first-order valence-electron chi connectivity index (χ1n) is 8.54. The van der Waals surface area contributed by atoms with E-state index in [-0.39, 0.29) is 5.91 Å². The molecule has 2 heterocycles. The van der Waals surface area contributed by atoms with Gasteiger partial charge in [-0.2, -0.15) is 0 Å². The second kappa shape index (κ2) is 8.35. The van der Waals surface area contributed by atoms with Gasteiger partial charge in [0, 0.05) is 13.6 Å². The summed E-state index contributed by atoms with van der Waals surface area (Å²) in [5, 5.41) is 5.92. The van der Waals surface area contributed by atoms with Crippen LogP contribution in [0.2, 0.25) is 0 Å². The fraction of sp³-hybridized carbons (Fsp3) is 0.300. The number of benzene rings is 1. The van der Waals surface area contributed by atoms with Gasteiger partial charge in [-0.15, -0.1) is 11.3 Å². The van der Waals surface area contributed by atoms with Crippen molar-refractivity contribution in [1.82, 2.24) is 10.1 Å². The number of nitrogens with zero attached hydrogens (tertiary/aromatic N) is 2. The molecule has 148 valence electrons. The van der Waals surface area contributed by atoms with Crippen molar-refractivity contribution >= 4 is 17.2 Å². The van der Waals surface area contributed by atoms with Crippen LogP contribution in [0.5, 0.6) is 17.2 Å². The maximum Gasteiger partial charge on any atom is 0.259 e. The maximum atomic E-state index is 13.1. The van der Waals surface area contributed by atoms with Crippen LogP contribution in [0, 0.1) is 6.92 Å². The van der Waals surface area contributed by atoms with Crippen molar-refractivity contribution in [2.75, 3.05) is 28.4 Å². The standard InChI is InChI=1S/C20H22N2O5S/c1-12-17(19(27-21-12)16-7-6-8-28-16)20(23)22(2)11-13-9-14(24-3)18(26-5)15(10-13)25-4/h6-10H,11H2,1-5H3. The highest BCUT2D eigenvalue weighted by Crippen LogP contribution is 2.38. The Morgan fingerprint density at radius 2 is 1.86 bits per heavy atom. The molecular formula is C20H22N2O5S. The maximum absolute atomic E-state index is 13.1. The summed E-state index contributed by atoms with van der Waals surface area (Å²) >= 11 is 1.50. The van der Waals surface area contributed by atoms with Crippen molar-refractivity contribution < 1.29 is 23.5 Å². The number of hydrogen-bond acceptors (Lipinski definition) is 7. The number of hydrogen-bond donors (Lipinski definition) is 0. The molecule has 7 nitrogen and oxygen atoms in total. The highest BCUT2D eigenvalue weighted by Gasteiger charge is 2.25. The fourth-order valence-corrected chi connectivity index (χ4v) is 3.67. The van der Waals surface area contributed by atoms with E-state index in [1.54, 1.807) is 40.2 Å². The zero-order chi connectivity index (χ0) is 20.3. The number of ether oxygens (including phenoxy) is 3. The minimum Gasteiger partial charge on any atom is -0.493 e. The third-order valence-corrected chi connectivity index (χ3v) is 5.18. The summed E-state index contributed by atoms with van der Waals surface area (Å²) in [5.41, 5.74) is 1.87. The summed E-state index contributed by atoms with van der Waals surface area (Å²) in [7, 11) is 6.40. The van der Waals surface area contributed by atoms with Gasteiger partial charge in [-0.1, -0.05) is 11.2 Å². The molecule has 0 saturated carbocycles. The van der Waals surface area contributed by atoms with E-state index in [1.165, 1.54) is 11.3 Å². The monoisotopic (exact) mass is 402 g/mol. The molecule has 1 aromatic carbocycles. The summed E-state index contributed by atoms with van der Waals surface area (Å²) in [6.07, 6.45) is 0. The van der Waals surface area contributed by atoms with Crippen LogP contribution in [0.25, 0.3) is 10.6 Å². The van der Waals surface area contributed by atoms with E-state index in [0.29, 0.717) is 40.8 Å². The first-order valence-corrected chi connectivity index (χ1v) is 9.42. The summed E-state index contributed by atoms with van der Waals surface area (Å²) in [4.78, 5) is 15.6. The molecule has 3 rings (SSSR count). The van der Waals surface area contributed by atoms with Gasteiger partial charge in [0.05, 0.1) is 31.9 Å². The van der Waals surface area contributed by atoms with Gasteiger partial charge in [-0.3, -0.25) is 4.79 Å². The zero-order valence-corrected chi connectivity index (χ0v) is 17.3. The van der Waals surface area contributed by atoms with Gasteiger partial charge in [-0.25, -0.2) is 0 Å². The van der Waals surface area contributed by atoms with Crippen LogP contribution in [0.15, 0.2) is 34.2 Å². The molecule has 0 aliphatic carbocycles. The average molecular weight is 402 g/mol. The van der Waals surface area contributed by atoms with E-state index in [0.717, 1.165) is 10.4 Å². The van der Waals surface area contributed by atoms with Gasteiger partial charge in [0.2, 0.25) is 5.75 Å². The molecule has 2 aromatic heterocycles. The van der Waals surface area contributed by atoms with Crippen LogP contribution < -0.4 is 14.2 Å². The lowest BCUT2D eigenvalue weighted by Crippen LogP contribution is -2.27. The fourth-order valence-electron chi connectivity index (χ4n) is 2.96. The summed E-state index contributed by atoms with van der Waals surface area (Å²) in [6.45, 7) is 2.12.